The van der Waals surface area contributed by atoms with Crippen molar-refractivity contribution < 1.29 is 33.0 Å². The zero-order chi connectivity index (χ0) is 24.9. The highest BCUT2D eigenvalue weighted by Crippen LogP contribution is 2.51. The molecule has 4 rings (SSSR count). The fourth-order valence-corrected chi connectivity index (χ4v) is 7.98. The highest BCUT2D eigenvalue weighted by molar-refractivity contribution is 8.03. The van der Waals surface area contributed by atoms with Crippen molar-refractivity contribution in [1.82, 2.24) is 15.5 Å². The molecule has 3 aliphatic heterocycles. The van der Waals surface area contributed by atoms with E-state index < -0.39 is 34.1 Å². The first kappa shape index (κ1) is 25.1. The number of sulfonamides is 1. The first-order chi connectivity index (χ1) is 15.9. The van der Waals surface area contributed by atoms with Crippen molar-refractivity contribution >= 4 is 50.9 Å². The predicted octanol–water partition coefficient (Wildman–Crippen LogP) is -0.371. The molecular weight excluding hydrogens is 504 g/mol. The fraction of sp³-hybridized carbons (Fsp3) is 0.550. The van der Waals surface area contributed by atoms with Gasteiger partial charge in [0.25, 0.3) is 0 Å². The molecule has 34 heavy (non-hydrogen) atoms. The monoisotopic (exact) mass is 530 g/mol. The molecule has 186 valence electrons. The van der Waals surface area contributed by atoms with Crippen molar-refractivity contribution in [3.63, 3.8) is 0 Å². The van der Waals surface area contributed by atoms with Gasteiger partial charge < -0.3 is 25.7 Å². The largest absolute Gasteiger partial charge is 0.477 e. The first-order valence-electron chi connectivity index (χ1n) is 10.7. The van der Waals surface area contributed by atoms with Crippen LogP contribution in [0.4, 0.5) is 0 Å². The molecule has 1 aromatic heterocycles. The smallest absolute Gasteiger partial charge is 0.353 e. The molecule has 0 unspecified atom stereocenters. The van der Waals surface area contributed by atoms with Crippen LogP contribution in [0.5, 0.6) is 0 Å². The molecule has 0 radical (unpaired) electrons. The Labute approximate surface area is 204 Å². The van der Waals surface area contributed by atoms with Gasteiger partial charge in [-0.15, -0.1) is 23.1 Å². The van der Waals surface area contributed by atoms with Crippen molar-refractivity contribution in [1.29, 1.82) is 0 Å². The Balaban J connectivity index is 1.37. The number of hydrogen-bond acceptors (Lipinski definition) is 9. The molecule has 6 atom stereocenters. The Morgan fingerprint density at radius 2 is 2.15 bits per heavy atom. The number of carboxylic acids is 1. The second kappa shape index (κ2) is 9.24. The van der Waals surface area contributed by atoms with Crippen molar-refractivity contribution in [2.75, 3.05) is 6.54 Å². The number of nitrogens with two attached hydrogens (primary N) is 1. The molecule has 2 amide bonds. The number of hydrogen-bond donors (Lipinski definition) is 5. The molecule has 3 aliphatic rings. The van der Waals surface area contributed by atoms with E-state index in [0.29, 0.717) is 22.7 Å². The summed E-state index contributed by atoms with van der Waals surface area (Å²) in [5.41, 5.74) is -0.0272. The topological polar surface area (TPSA) is 179 Å². The number of carbonyl (C=O) groups is 3. The lowest BCUT2D eigenvalue weighted by Crippen LogP contribution is -2.63. The van der Waals surface area contributed by atoms with Crippen LogP contribution >= 0.6 is 23.1 Å². The Morgan fingerprint density at radius 3 is 2.74 bits per heavy atom. The van der Waals surface area contributed by atoms with Crippen LogP contribution in [0.2, 0.25) is 0 Å². The SMILES string of the molecule is C[C@@H](O)[C@H]1C(=O)N2C(C(=O)O)=C(S[C@@H]3CN[C@H](C(=O)NCc4cc(S(N)(=O)=O)cs4)C3)[C@H](C)[C@H]12. The lowest BCUT2D eigenvalue weighted by atomic mass is 9.79. The normalized spacial score (nSPS) is 29.7. The standard InChI is InChI=1S/C20H26N4O7S3/c1-8-15-14(9(2)25)19(27)24(15)16(20(28)29)17(8)33-11-4-13(22-6-11)18(26)23-5-10-3-12(7-32-10)34(21,30)31/h3,7-9,11,13-15,22,25H,4-6H2,1-2H3,(H,23,26)(H,28,29)(H2,21,30,31)/t8-,9-,11+,13+,14-,15-/m1/s1. The highest BCUT2D eigenvalue weighted by atomic mass is 32.2. The van der Waals surface area contributed by atoms with E-state index in [4.69, 9.17) is 5.14 Å². The third kappa shape index (κ3) is 4.50. The molecular formula is C20H26N4O7S3. The number of carbonyl (C=O) groups excluding carboxylic acids is 2. The number of nitrogens with one attached hydrogen (secondary N) is 2. The molecule has 0 saturated carbocycles. The molecule has 6 N–H and O–H groups in total. The summed E-state index contributed by atoms with van der Waals surface area (Å²) in [6.07, 6.45) is -0.397. The third-order valence-electron chi connectivity index (χ3n) is 6.41. The van der Waals surface area contributed by atoms with Crippen LogP contribution in [-0.2, 0) is 31.0 Å². The summed E-state index contributed by atoms with van der Waals surface area (Å²) in [6.45, 7) is 4.05. The predicted molar refractivity (Wildman–Crippen MR) is 125 cm³/mol. The summed E-state index contributed by atoms with van der Waals surface area (Å²) >= 11 is 2.55. The maximum atomic E-state index is 12.6. The molecule has 2 saturated heterocycles. The molecule has 11 nitrogen and oxygen atoms in total. The van der Waals surface area contributed by atoms with Gasteiger partial charge in [0.2, 0.25) is 21.8 Å². The van der Waals surface area contributed by atoms with Gasteiger partial charge in [-0.1, -0.05) is 6.92 Å². The van der Waals surface area contributed by atoms with Gasteiger partial charge in [-0.25, -0.2) is 18.4 Å². The number of fused-ring (bicyclic) bond motifs is 1. The number of aliphatic carboxylic acids is 1. The maximum absolute atomic E-state index is 12.6. The zero-order valence-electron chi connectivity index (χ0n) is 18.4. The van der Waals surface area contributed by atoms with Crippen LogP contribution in [0.3, 0.4) is 0 Å². The van der Waals surface area contributed by atoms with Crippen LogP contribution in [0.25, 0.3) is 0 Å². The van der Waals surface area contributed by atoms with Crippen molar-refractivity contribution in [2.45, 2.75) is 55.1 Å². The van der Waals surface area contributed by atoms with Crippen molar-refractivity contribution in [2.24, 2.45) is 17.0 Å². The Bertz CT molecular complexity index is 1160. The molecule has 0 aromatic carbocycles. The van der Waals surface area contributed by atoms with E-state index in [9.17, 15) is 33.0 Å². The van der Waals surface area contributed by atoms with Gasteiger partial charge in [-0.05, 0) is 19.4 Å². The van der Waals surface area contributed by atoms with E-state index >= 15 is 0 Å². The minimum Gasteiger partial charge on any atom is -0.477 e. The van der Waals surface area contributed by atoms with Crippen molar-refractivity contribution in [3.8, 4) is 0 Å². The summed E-state index contributed by atoms with van der Waals surface area (Å²) in [4.78, 5) is 39.6. The summed E-state index contributed by atoms with van der Waals surface area (Å²) in [7, 11) is -3.79. The second-order valence-corrected chi connectivity index (χ2v) is 12.6. The summed E-state index contributed by atoms with van der Waals surface area (Å²) in [5, 5.41) is 32.1. The van der Waals surface area contributed by atoms with Gasteiger partial charge in [0.15, 0.2) is 0 Å². The Kier molecular flexibility index (Phi) is 6.83. The number of carboxylic acid groups (broad SMARTS) is 1. The fourth-order valence-electron chi connectivity index (χ4n) is 4.75. The van der Waals surface area contributed by atoms with Crippen LogP contribution in [-0.4, -0.2) is 71.3 Å². The van der Waals surface area contributed by atoms with Gasteiger partial charge in [-0.2, -0.15) is 0 Å². The first-order valence-corrected chi connectivity index (χ1v) is 14.0. The van der Waals surface area contributed by atoms with Crippen molar-refractivity contribution in [3.05, 3.63) is 26.9 Å². The maximum Gasteiger partial charge on any atom is 0.353 e. The Morgan fingerprint density at radius 1 is 1.44 bits per heavy atom. The van der Waals surface area contributed by atoms with Gasteiger partial charge in [0.05, 0.1) is 35.5 Å². The molecule has 14 heteroatoms. The number of primary sulfonamides is 1. The third-order valence-corrected chi connectivity index (χ3v) is 9.90. The zero-order valence-corrected chi connectivity index (χ0v) is 20.9. The number of amides is 2. The van der Waals surface area contributed by atoms with E-state index in [1.54, 1.807) is 0 Å². The lowest BCUT2D eigenvalue weighted by Gasteiger charge is -2.46. The minimum atomic E-state index is -3.79. The Hall–Kier alpha value is -1.97. The second-order valence-electron chi connectivity index (χ2n) is 8.72. The number of thioether (sulfide) groups is 1. The number of nitrogens with zero attached hydrogens (tertiary/aromatic N) is 1. The molecule has 0 bridgehead atoms. The quantitative estimate of drug-likeness (QED) is 0.280. The number of thiophene rings is 1. The van der Waals surface area contributed by atoms with E-state index in [-0.39, 0.29) is 46.2 Å². The van der Waals surface area contributed by atoms with E-state index in [1.807, 2.05) is 6.92 Å². The lowest BCUT2D eigenvalue weighted by molar-refractivity contribution is -0.163. The van der Waals surface area contributed by atoms with Crippen LogP contribution in [0, 0.1) is 11.8 Å². The molecule has 1 aromatic rings. The average molecular weight is 531 g/mol. The van der Waals surface area contributed by atoms with Gasteiger partial charge in [0, 0.05) is 32.9 Å². The summed E-state index contributed by atoms with van der Waals surface area (Å²) < 4.78 is 22.8. The molecule has 0 aliphatic carbocycles. The van der Waals surface area contributed by atoms with Gasteiger partial charge in [0.1, 0.15) is 5.70 Å². The number of rotatable bonds is 8. The minimum absolute atomic E-state index is 0.00594. The van der Waals surface area contributed by atoms with E-state index in [2.05, 4.69) is 10.6 Å². The van der Waals surface area contributed by atoms with Gasteiger partial charge in [-0.3, -0.25) is 9.59 Å². The summed E-state index contributed by atoms with van der Waals surface area (Å²) in [6, 6.07) is 0.570. The number of aliphatic hydroxyl groups excluding tert-OH is 1. The summed E-state index contributed by atoms with van der Waals surface area (Å²) in [5.74, 6) is -2.64. The number of aliphatic hydroxyl groups is 1. The van der Waals surface area contributed by atoms with E-state index in [0.717, 1.165) is 0 Å². The molecule has 0 spiro atoms. The highest BCUT2D eigenvalue weighted by Gasteiger charge is 2.60. The van der Waals surface area contributed by atoms with Crippen LogP contribution < -0.4 is 15.8 Å². The molecule has 2 fully saturated rings. The molecule has 4 heterocycles. The number of β-lactam (4-membered cyclic amide) rings is 1. The van der Waals surface area contributed by atoms with E-state index in [1.165, 1.54) is 46.4 Å². The van der Waals surface area contributed by atoms with Gasteiger partial charge >= 0.3 is 5.97 Å². The average Bonchev–Trinajstić information content (AvgIpc) is 3.44. The van der Waals surface area contributed by atoms with Crippen LogP contribution in [0.15, 0.2) is 26.9 Å². The van der Waals surface area contributed by atoms with Crippen LogP contribution in [0.1, 0.15) is 25.1 Å².